The number of ether oxygens (including phenoxy) is 1. The third-order valence-corrected chi connectivity index (χ3v) is 4.15. The van der Waals surface area contributed by atoms with E-state index in [1.54, 1.807) is 0 Å². The number of nitrogens with zero attached hydrogens (tertiary/aromatic N) is 2. The summed E-state index contributed by atoms with van der Waals surface area (Å²) in [6.45, 7) is 7.71. The first-order valence-corrected chi connectivity index (χ1v) is 8.65. The fourth-order valence-electron chi connectivity index (χ4n) is 2.86. The molecule has 0 radical (unpaired) electrons. The molecule has 1 aliphatic rings. The molecule has 1 saturated heterocycles. The van der Waals surface area contributed by atoms with E-state index < -0.39 is 0 Å². The number of benzene rings is 1. The minimum absolute atomic E-state index is 0. The van der Waals surface area contributed by atoms with Crippen LogP contribution in [0.2, 0.25) is 0 Å². The normalized spacial score (nSPS) is 17.5. The highest BCUT2D eigenvalue weighted by Crippen LogP contribution is 2.22. The van der Waals surface area contributed by atoms with E-state index >= 15 is 0 Å². The Bertz CT molecular complexity index is 469. The van der Waals surface area contributed by atoms with E-state index in [9.17, 15) is 0 Å². The second kappa shape index (κ2) is 12.4. The van der Waals surface area contributed by atoms with Crippen LogP contribution in [-0.4, -0.2) is 52.4 Å². The average molecular weight is 446 g/mol. The van der Waals surface area contributed by atoms with E-state index in [-0.39, 0.29) is 24.0 Å². The Morgan fingerprint density at radius 1 is 1.29 bits per heavy atom. The lowest BCUT2D eigenvalue weighted by Gasteiger charge is -2.19. The molecular weight excluding hydrogens is 415 g/mol. The van der Waals surface area contributed by atoms with Gasteiger partial charge in [0.05, 0.1) is 0 Å². The van der Waals surface area contributed by atoms with Crippen molar-refractivity contribution in [3.05, 3.63) is 30.3 Å². The van der Waals surface area contributed by atoms with E-state index in [0.717, 1.165) is 51.8 Å². The minimum Gasteiger partial charge on any atom is -0.382 e. The fraction of sp³-hybridized carbons (Fsp3) is 0.611. The van der Waals surface area contributed by atoms with Crippen LogP contribution in [0, 0.1) is 5.92 Å². The summed E-state index contributed by atoms with van der Waals surface area (Å²) in [6.07, 6.45) is 2.23. The number of guanidine groups is 1. The molecular formula is C18H31IN4O. The molecule has 5 nitrogen and oxygen atoms in total. The topological polar surface area (TPSA) is 48.9 Å². The number of anilines is 1. The molecule has 1 aromatic rings. The Balaban J connectivity index is 0.00000288. The summed E-state index contributed by atoms with van der Waals surface area (Å²) in [4.78, 5) is 6.75. The van der Waals surface area contributed by atoms with Crippen LogP contribution < -0.4 is 15.5 Å². The van der Waals surface area contributed by atoms with Crippen molar-refractivity contribution < 1.29 is 4.74 Å². The van der Waals surface area contributed by atoms with Crippen LogP contribution >= 0.6 is 24.0 Å². The first kappa shape index (κ1) is 21.0. The van der Waals surface area contributed by atoms with Crippen molar-refractivity contribution in [3.63, 3.8) is 0 Å². The molecule has 1 atom stereocenters. The lowest BCUT2D eigenvalue weighted by molar-refractivity contribution is 0.145. The van der Waals surface area contributed by atoms with Gasteiger partial charge in [-0.15, -0.1) is 24.0 Å². The summed E-state index contributed by atoms with van der Waals surface area (Å²) >= 11 is 0. The number of hydrogen-bond acceptors (Lipinski definition) is 3. The maximum absolute atomic E-state index is 5.34. The van der Waals surface area contributed by atoms with E-state index in [1.165, 1.54) is 12.1 Å². The van der Waals surface area contributed by atoms with Crippen LogP contribution in [-0.2, 0) is 4.74 Å². The Hall–Kier alpha value is -1.02. The van der Waals surface area contributed by atoms with E-state index in [1.807, 2.05) is 14.0 Å². The van der Waals surface area contributed by atoms with Crippen molar-refractivity contribution in [1.29, 1.82) is 0 Å². The Labute approximate surface area is 163 Å². The summed E-state index contributed by atoms with van der Waals surface area (Å²) in [6, 6.07) is 10.7. The van der Waals surface area contributed by atoms with Gasteiger partial charge in [-0.25, -0.2) is 0 Å². The van der Waals surface area contributed by atoms with Crippen molar-refractivity contribution in [2.24, 2.45) is 10.9 Å². The molecule has 6 heteroatoms. The standard InChI is InChI=1S/C18H30N4O.HI/c1-3-23-13-7-11-20-18(19-2)21-14-16-10-12-22(15-16)17-8-5-4-6-9-17;/h4-6,8-9,16H,3,7,10-15H2,1-2H3,(H2,19,20,21);1H. The van der Waals surface area contributed by atoms with E-state index in [2.05, 4.69) is 50.9 Å². The van der Waals surface area contributed by atoms with Crippen LogP contribution in [0.25, 0.3) is 0 Å². The molecule has 0 aliphatic carbocycles. The number of nitrogens with one attached hydrogen (secondary N) is 2. The molecule has 0 bridgehead atoms. The summed E-state index contributed by atoms with van der Waals surface area (Å²) in [5, 5.41) is 6.79. The highest BCUT2D eigenvalue weighted by atomic mass is 127. The lowest BCUT2D eigenvalue weighted by Crippen LogP contribution is -2.40. The maximum atomic E-state index is 5.34. The predicted octanol–water partition coefficient (Wildman–Crippen LogP) is 2.72. The second-order valence-electron chi connectivity index (χ2n) is 5.87. The van der Waals surface area contributed by atoms with Crippen LogP contribution in [0.1, 0.15) is 19.8 Å². The predicted molar refractivity (Wildman–Crippen MR) is 113 cm³/mol. The maximum Gasteiger partial charge on any atom is 0.190 e. The van der Waals surface area contributed by atoms with Crippen LogP contribution in [0.3, 0.4) is 0 Å². The summed E-state index contributed by atoms with van der Waals surface area (Å²) in [7, 11) is 1.82. The van der Waals surface area contributed by atoms with Gasteiger partial charge < -0.3 is 20.3 Å². The molecule has 0 saturated carbocycles. The van der Waals surface area contributed by atoms with Crippen molar-refractivity contribution in [2.75, 3.05) is 51.3 Å². The monoisotopic (exact) mass is 446 g/mol. The molecule has 2 rings (SSSR count). The molecule has 136 valence electrons. The summed E-state index contributed by atoms with van der Waals surface area (Å²) in [5.74, 6) is 1.55. The highest BCUT2D eigenvalue weighted by Gasteiger charge is 2.22. The number of hydrogen-bond donors (Lipinski definition) is 2. The van der Waals surface area contributed by atoms with E-state index in [0.29, 0.717) is 5.92 Å². The number of rotatable bonds is 8. The van der Waals surface area contributed by atoms with Gasteiger partial charge in [-0.05, 0) is 37.8 Å². The van der Waals surface area contributed by atoms with Gasteiger partial charge in [0.2, 0.25) is 0 Å². The highest BCUT2D eigenvalue weighted by molar-refractivity contribution is 14.0. The molecule has 0 aromatic heterocycles. The minimum atomic E-state index is 0. The van der Waals surface area contributed by atoms with Crippen molar-refractivity contribution in [2.45, 2.75) is 19.8 Å². The fourth-order valence-corrected chi connectivity index (χ4v) is 2.86. The van der Waals surface area contributed by atoms with Gasteiger partial charge in [0, 0.05) is 52.1 Å². The molecule has 24 heavy (non-hydrogen) atoms. The summed E-state index contributed by atoms with van der Waals surface area (Å²) in [5.41, 5.74) is 1.33. The van der Waals surface area contributed by atoms with Crippen molar-refractivity contribution in [3.8, 4) is 0 Å². The third kappa shape index (κ3) is 7.25. The van der Waals surface area contributed by atoms with Gasteiger partial charge in [-0.2, -0.15) is 0 Å². The van der Waals surface area contributed by atoms with Crippen molar-refractivity contribution in [1.82, 2.24) is 10.6 Å². The average Bonchev–Trinajstić information content (AvgIpc) is 3.07. The van der Waals surface area contributed by atoms with Gasteiger partial charge in [-0.1, -0.05) is 18.2 Å². The zero-order valence-corrected chi connectivity index (χ0v) is 17.2. The van der Waals surface area contributed by atoms with Gasteiger partial charge in [-0.3, -0.25) is 4.99 Å². The van der Waals surface area contributed by atoms with Gasteiger partial charge in [0.15, 0.2) is 5.96 Å². The molecule has 1 aromatic carbocycles. The van der Waals surface area contributed by atoms with Crippen LogP contribution in [0.15, 0.2) is 35.3 Å². The lowest BCUT2D eigenvalue weighted by atomic mass is 10.1. The molecule has 1 unspecified atom stereocenters. The number of para-hydroxylation sites is 1. The SMILES string of the molecule is CCOCCCNC(=NC)NCC1CCN(c2ccccc2)C1.I. The largest absolute Gasteiger partial charge is 0.382 e. The quantitative estimate of drug-likeness (QED) is 0.279. The molecule has 1 heterocycles. The third-order valence-electron chi connectivity index (χ3n) is 4.15. The van der Waals surface area contributed by atoms with Crippen molar-refractivity contribution >= 4 is 35.6 Å². The van der Waals surface area contributed by atoms with Crippen LogP contribution in [0.5, 0.6) is 0 Å². The first-order chi connectivity index (χ1) is 11.3. The van der Waals surface area contributed by atoms with E-state index in [4.69, 9.17) is 4.74 Å². The zero-order valence-electron chi connectivity index (χ0n) is 14.8. The Morgan fingerprint density at radius 2 is 2.08 bits per heavy atom. The number of halogens is 1. The molecule has 1 aliphatic heterocycles. The zero-order chi connectivity index (χ0) is 16.3. The van der Waals surface area contributed by atoms with Gasteiger partial charge >= 0.3 is 0 Å². The second-order valence-corrected chi connectivity index (χ2v) is 5.87. The van der Waals surface area contributed by atoms with Gasteiger partial charge in [0.25, 0.3) is 0 Å². The molecule has 0 amide bonds. The Morgan fingerprint density at radius 3 is 2.79 bits per heavy atom. The smallest absolute Gasteiger partial charge is 0.190 e. The molecule has 2 N–H and O–H groups in total. The molecule has 0 spiro atoms. The van der Waals surface area contributed by atoms with Crippen LogP contribution in [0.4, 0.5) is 5.69 Å². The summed E-state index contributed by atoms with van der Waals surface area (Å²) < 4.78 is 5.34. The van der Waals surface area contributed by atoms with Gasteiger partial charge in [0.1, 0.15) is 0 Å². The number of aliphatic imine (C=N–C) groups is 1. The molecule has 1 fully saturated rings. The first-order valence-electron chi connectivity index (χ1n) is 8.65. The Kier molecular flexibility index (Phi) is 10.8.